The van der Waals surface area contributed by atoms with E-state index in [1.807, 2.05) is 6.08 Å². The van der Waals surface area contributed by atoms with E-state index in [1.54, 1.807) is 18.2 Å². The van der Waals surface area contributed by atoms with Gasteiger partial charge in [-0.1, -0.05) is 29.8 Å². The smallest absolute Gasteiger partial charge is 0.271 e. The first kappa shape index (κ1) is 25.9. The van der Waals surface area contributed by atoms with E-state index in [-0.39, 0.29) is 57.1 Å². The summed E-state index contributed by atoms with van der Waals surface area (Å²) in [5.74, 6) is -4.84. The van der Waals surface area contributed by atoms with Crippen LogP contribution in [0.15, 0.2) is 75.8 Å². The van der Waals surface area contributed by atoms with E-state index >= 15 is 0 Å². The highest BCUT2D eigenvalue weighted by Crippen LogP contribution is 2.57. The number of nitro groups is 1. The second-order valence-electron chi connectivity index (χ2n) is 10.1. The van der Waals surface area contributed by atoms with Crippen molar-refractivity contribution in [2.45, 2.75) is 18.8 Å². The third-order valence-corrected chi connectivity index (χ3v) is 8.78. The molecule has 2 aromatic carbocycles. The largest absolute Gasteiger partial charge is 0.504 e. The number of anilines is 1. The molecular formula is C29H21BrN2O8. The van der Waals surface area contributed by atoms with E-state index in [1.165, 1.54) is 37.5 Å². The number of hydrogen-bond acceptors (Lipinski definition) is 8. The molecule has 202 valence electrons. The van der Waals surface area contributed by atoms with Gasteiger partial charge in [0.25, 0.3) is 5.69 Å². The average Bonchev–Trinajstić information content (AvgIpc) is 3.20. The van der Waals surface area contributed by atoms with Gasteiger partial charge >= 0.3 is 0 Å². The molecule has 11 heteroatoms. The summed E-state index contributed by atoms with van der Waals surface area (Å²) in [6.07, 6.45) is 3.29. The Morgan fingerprint density at radius 2 is 1.82 bits per heavy atom. The van der Waals surface area contributed by atoms with Crippen LogP contribution in [0.1, 0.15) is 24.3 Å². The van der Waals surface area contributed by atoms with E-state index in [0.717, 1.165) is 4.90 Å². The molecule has 1 N–H and O–H groups in total. The number of fused-ring (bicyclic) bond motifs is 3. The Bertz CT molecular complexity index is 1650. The molecule has 6 rings (SSSR count). The lowest BCUT2D eigenvalue weighted by molar-refractivity contribution is -0.384. The SMILES string of the molecule is COc1cccc(C2C3=CCC4C(=O)N(c5cccc([N+](=O)[O-])c5)C(=O)C4C3CC3=C2C(=O)C=C(Br)C3=O)c1O. The number of methoxy groups -OCH3 is 1. The topological polar surface area (TPSA) is 144 Å². The van der Waals surface area contributed by atoms with Crippen LogP contribution in [-0.4, -0.2) is 40.5 Å². The molecule has 0 radical (unpaired) electrons. The van der Waals surface area contributed by atoms with Crippen LogP contribution in [-0.2, 0) is 19.2 Å². The summed E-state index contributed by atoms with van der Waals surface area (Å²) in [5.41, 5.74) is 1.32. The Balaban J connectivity index is 1.49. The number of nitrogens with zero attached hydrogens (tertiary/aromatic N) is 2. The molecule has 10 nitrogen and oxygen atoms in total. The van der Waals surface area contributed by atoms with Gasteiger partial charge in [-0.15, -0.1) is 0 Å². The third kappa shape index (κ3) is 3.68. The quantitative estimate of drug-likeness (QED) is 0.179. The molecule has 40 heavy (non-hydrogen) atoms. The predicted molar refractivity (Wildman–Crippen MR) is 145 cm³/mol. The molecule has 2 aromatic rings. The summed E-state index contributed by atoms with van der Waals surface area (Å²) in [6.45, 7) is 0. The van der Waals surface area contributed by atoms with Crippen molar-refractivity contribution in [3.63, 3.8) is 0 Å². The van der Waals surface area contributed by atoms with Gasteiger partial charge in [-0.3, -0.25) is 29.3 Å². The van der Waals surface area contributed by atoms with Gasteiger partial charge in [0.1, 0.15) is 0 Å². The van der Waals surface area contributed by atoms with Crippen LogP contribution >= 0.6 is 15.9 Å². The van der Waals surface area contributed by atoms with Gasteiger partial charge in [0, 0.05) is 40.8 Å². The van der Waals surface area contributed by atoms with E-state index in [0.29, 0.717) is 11.1 Å². The van der Waals surface area contributed by atoms with Gasteiger partial charge in [0.15, 0.2) is 23.1 Å². The highest BCUT2D eigenvalue weighted by atomic mass is 79.9. The molecule has 3 aliphatic carbocycles. The zero-order chi connectivity index (χ0) is 28.5. The number of carbonyl (C=O) groups is 4. The molecule has 4 aliphatic rings. The molecule has 0 aromatic heterocycles. The number of ether oxygens (including phenoxy) is 1. The second kappa shape index (κ2) is 9.37. The number of aromatic hydroxyl groups is 1. The maximum atomic E-state index is 13.9. The van der Waals surface area contributed by atoms with Crippen molar-refractivity contribution in [3.8, 4) is 11.5 Å². The lowest BCUT2D eigenvalue weighted by Gasteiger charge is -2.42. The third-order valence-electron chi connectivity index (χ3n) is 8.19. The van der Waals surface area contributed by atoms with Crippen molar-refractivity contribution < 1.29 is 33.9 Å². The second-order valence-corrected chi connectivity index (χ2v) is 10.9. The Labute approximate surface area is 235 Å². The number of imide groups is 1. The van der Waals surface area contributed by atoms with Crippen LogP contribution in [0.2, 0.25) is 0 Å². The van der Waals surface area contributed by atoms with Gasteiger partial charge in [-0.25, -0.2) is 4.90 Å². The number of nitro benzene ring substituents is 1. The van der Waals surface area contributed by atoms with Crippen molar-refractivity contribution >= 4 is 50.7 Å². The summed E-state index contributed by atoms with van der Waals surface area (Å²) in [4.78, 5) is 65.9. The molecule has 1 saturated heterocycles. The molecule has 0 bridgehead atoms. The highest BCUT2D eigenvalue weighted by Gasteiger charge is 2.57. The van der Waals surface area contributed by atoms with Crippen LogP contribution in [0.3, 0.4) is 0 Å². The standard InChI is InChI=1S/C29H21BrN2O8/c1-40-22-7-3-6-16(27(22)35)23-15-8-9-17-24(18(15)11-19-25(23)21(33)12-20(30)26(19)34)29(37)31(28(17)36)13-4-2-5-14(10-13)32(38)39/h2-8,10,12,17-18,23-24,35H,9,11H2,1H3. The number of phenolic OH excluding ortho intramolecular Hbond substituents is 1. The van der Waals surface area contributed by atoms with Gasteiger partial charge in [-0.05, 0) is 46.8 Å². The monoisotopic (exact) mass is 604 g/mol. The van der Waals surface area contributed by atoms with E-state index in [4.69, 9.17) is 4.74 Å². The number of para-hydroxylation sites is 1. The first-order valence-electron chi connectivity index (χ1n) is 12.5. The van der Waals surface area contributed by atoms with E-state index < -0.39 is 46.2 Å². The van der Waals surface area contributed by atoms with Crippen molar-refractivity contribution in [1.82, 2.24) is 0 Å². The van der Waals surface area contributed by atoms with Crippen LogP contribution in [0.5, 0.6) is 11.5 Å². The molecule has 2 amide bonds. The fraction of sp³-hybridized carbons (Fsp3) is 0.241. The molecule has 4 atom stereocenters. The van der Waals surface area contributed by atoms with Crippen molar-refractivity contribution in [3.05, 3.63) is 91.5 Å². The summed E-state index contributed by atoms with van der Waals surface area (Å²) in [5, 5.41) is 22.4. The maximum Gasteiger partial charge on any atom is 0.271 e. The first-order valence-corrected chi connectivity index (χ1v) is 13.3. The number of carbonyl (C=O) groups excluding carboxylic acids is 4. The lowest BCUT2D eigenvalue weighted by Crippen LogP contribution is -2.39. The first-order chi connectivity index (χ1) is 19.1. The summed E-state index contributed by atoms with van der Waals surface area (Å²) in [6, 6.07) is 10.2. The number of phenols is 1. The Kier molecular flexibility index (Phi) is 6.06. The number of amides is 2. The number of ketones is 2. The molecule has 4 unspecified atom stereocenters. The number of halogens is 1. The van der Waals surface area contributed by atoms with Crippen molar-refractivity contribution in [1.29, 1.82) is 0 Å². The number of non-ortho nitro benzene ring substituents is 1. The minimum Gasteiger partial charge on any atom is -0.504 e. The molecule has 0 saturated carbocycles. The van der Waals surface area contributed by atoms with Crippen molar-refractivity contribution in [2.75, 3.05) is 12.0 Å². The van der Waals surface area contributed by atoms with Gasteiger partial charge < -0.3 is 9.84 Å². The highest BCUT2D eigenvalue weighted by molar-refractivity contribution is 9.12. The molecule has 1 fully saturated rings. The fourth-order valence-electron chi connectivity index (χ4n) is 6.50. The molecule has 1 aliphatic heterocycles. The number of allylic oxidation sites excluding steroid dienone is 6. The minimum absolute atomic E-state index is 0.0544. The van der Waals surface area contributed by atoms with Crippen LogP contribution < -0.4 is 9.64 Å². The van der Waals surface area contributed by atoms with Gasteiger partial charge in [-0.2, -0.15) is 0 Å². The van der Waals surface area contributed by atoms with E-state index in [9.17, 15) is 34.4 Å². The Morgan fingerprint density at radius 1 is 1.07 bits per heavy atom. The number of benzene rings is 2. The average molecular weight is 605 g/mol. The Hall–Kier alpha value is -4.38. The fourth-order valence-corrected chi connectivity index (χ4v) is 6.95. The zero-order valence-electron chi connectivity index (χ0n) is 21.0. The zero-order valence-corrected chi connectivity index (χ0v) is 22.6. The number of Topliss-reactive ketones (excluding diaryl/α,β-unsaturated/α-hetero) is 1. The summed E-state index contributed by atoms with van der Waals surface area (Å²) >= 11 is 3.18. The van der Waals surface area contributed by atoms with E-state index in [2.05, 4.69) is 15.9 Å². The predicted octanol–water partition coefficient (Wildman–Crippen LogP) is 4.28. The number of hydrogen-bond donors (Lipinski definition) is 1. The van der Waals surface area contributed by atoms with Crippen LogP contribution in [0.25, 0.3) is 0 Å². The lowest BCUT2D eigenvalue weighted by atomic mass is 9.59. The van der Waals surface area contributed by atoms with Crippen LogP contribution in [0, 0.1) is 27.9 Å². The molecule has 0 spiro atoms. The van der Waals surface area contributed by atoms with Gasteiger partial charge in [0.2, 0.25) is 11.8 Å². The summed E-state index contributed by atoms with van der Waals surface area (Å²) in [7, 11) is 1.40. The van der Waals surface area contributed by atoms with Crippen molar-refractivity contribution in [2.24, 2.45) is 17.8 Å². The normalized spacial score (nSPS) is 25.7. The molecule has 1 heterocycles. The summed E-state index contributed by atoms with van der Waals surface area (Å²) < 4.78 is 5.39. The Morgan fingerprint density at radius 3 is 2.55 bits per heavy atom. The van der Waals surface area contributed by atoms with Gasteiger partial charge in [0.05, 0.1) is 34.0 Å². The molecular weight excluding hydrogens is 584 g/mol. The van der Waals surface area contributed by atoms with Crippen LogP contribution in [0.4, 0.5) is 11.4 Å². The minimum atomic E-state index is -0.858. The number of rotatable bonds is 4. The maximum absolute atomic E-state index is 13.9.